The van der Waals surface area contributed by atoms with Gasteiger partial charge in [0.15, 0.2) is 11.5 Å². The molecule has 0 unspecified atom stereocenters. The second-order valence-corrected chi connectivity index (χ2v) is 4.98. The molecule has 0 bridgehead atoms. The Kier molecular flexibility index (Phi) is 3.89. The Hall–Kier alpha value is -3.02. The number of hydrogen-bond donors (Lipinski definition) is 0. The maximum Gasteiger partial charge on any atom is 0.291 e. The van der Waals surface area contributed by atoms with E-state index in [-0.39, 0.29) is 5.70 Å². The molecule has 0 radical (unpaired) electrons. The lowest BCUT2D eigenvalue weighted by Crippen LogP contribution is -2.19. The highest BCUT2D eigenvalue weighted by Crippen LogP contribution is 2.39. The molecule has 0 aliphatic carbocycles. The third-order valence-corrected chi connectivity index (χ3v) is 3.66. The molecule has 3 rings (SSSR count). The Morgan fingerprint density at radius 3 is 2.52 bits per heavy atom. The topological polar surface area (TPSA) is 70.8 Å². The first-order valence-electron chi connectivity index (χ1n) is 6.97. The summed E-state index contributed by atoms with van der Waals surface area (Å²) in [6, 6.07) is 12.3. The number of rotatable bonds is 4. The van der Waals surface area contributed by atoms with Crippen molar-refractivity contribution < 1.29 is 19.1 Å². The van der Waals surface area contributed by atoms with Crippen molar-refractivity contribution in [2.75, 3.05) is 14.2 Å². The molecule has 118 valence electrons. The van der Waals surface area contributed by atoms with E-state index in [0.29, 0.717) is 28.4 Å². The summed E-state index contributed by atoms with van der Waals surface area (Å²) >= 11 is 0. The zero-order valence-corrected chi connectivity index (χ0v) is 12.7. The lowest BCUT2D eigenvalue weighted by atomic mass is 10.0. The first-order valence-corrected chi connectivity index (χ1v) is 6.97. The molecule has 2 aromatic rings. The van der Waals surface area contributed by atoms with Gasteiger partial charge in [-0.15, -0.1) is 0 Å². The second kappa shape index (κ2) is 6.00. The first kappa shape index (κ1) is 14.9. The van der Waals surface area contributed by atoms with Crippen molar-refractivity contribution in [2.45, 2.75) is 6.10 Å². The summed E-state index contributed by atoms with van der Waals surface area (Å²) in [5, 5.41) is 11.4. The number of methoxy groups -OCH3 is 2. The molecule has 23 heavy (non-hydrogen) atoms. The van der Waals surface area contributed by atoms with E-state index in [4.69, 9.17) is 14.2 Å². The van der Waals surface area contributed by atoms with E-state index in [1.165, 1.54) is 14.2 Å². The van der Waals surface area contributed by atoms with Gasteiger partial charge in [0.25, 0.3) is 5.70 Å². The Labute approximate surface area is 133 Å². The van der Waals surface area contributed by atoms with Crippen LogP contribution in [0.25, 0.3) is 6.08 Å². The van der Waals surface area contributed by atoms with Crippen LogP contribution in [0, 0.1) is 10.1 Å². The van der Waals surface area contributed by atoms with E-state index in [1.807, 2.05) is 12.1 Å². The van der Waals surface area contributed by atoms with Crippen LogP contribution in [0.2, 0.25) is 0 Å². The van der Waals surface area contributed by atoms with E-state index in [9.17, 15) is 10.1 Å². The molecule has 0 spiro atoms. The quantitative estimate of drug-likeness (QED) is 0.638. The largest absolute Gasteiger partial charge is 0.493 e. The molecular weight excluding hydrogens is 298 g/mol. The highest BCUT2D eigenvalue weighted by atomic mass is 16.6. The number of nitrogens with zero attached hydrogens (tertiary/aromatic N) is 1. The zero-order valence-electron chi connectivity index (χ0n) is 12.7. The van der Waals surface area contributed by atoms with Crippen LogP contribution in [-0.4, -0.2) is 19.1 Å². The van der Waals surface area contributed by atoms with E-state index < -0.39 is 11.0 Å². The normalized spacial score (nSPS) is 15.9. The van der Waals surface area contributed by atoms with Gasteiger partial charge in [0, 0.05) is 17.2 Å². The lowest BCUT2D eigenvalue weighted by Gasteiger charge is -2.23. The molecule has 1 aliphatic rings. The molecule has 1 aliphatic heterocycles. The van der Waals surface area contributed by atoms with Gasteiger partial charge in [-0.25, -0.2) is 0 Å². The number of para-hydroxylation sites is 1. The molecule has 1 atom stereocenters. The zero-order chi connectivity index (χ0) is 16.4. The van der Waals surface area contributed by atoms with Gasteiger partial charge in [-0.05, 0) is 18.2 Å². The minimum Gasteiger partial charge on any atom is -0.493 e. The summed E-state index contributed by atoms with van der Waals surface area (Å²) in [5.41, 5.74) is 1.30. The molecule has 0 amide bonds. The molecule has 0 saturated carbocycles. The Balaban J connectivity index is 2.07. The fourth-order valence-corrected chi connectivity index (χ4v) is 2.53. The van der Waals surface area contributed by atoms with Crippen LogP contribution in [0.5, 0.6) is 17.2 Å². The van der Waals surface area contributed by atoms with Gasteiger partial charge >= 0.3 is 0 Å². The highest BCUT2D eigenvalue weighted by molar-refractivity contribution is 5.62. The molecule has 1 heterocycles. The minimum absolute atomic E-state index is 0.0177. The summed E-state index contributed by atoms with van der Waals surface area (Å²) in [6.45, 7) is 0. The Morgan fingerprint density at radius 2 is 1.83 bits per heavy atom. The molecular formula is C17H15NO5. The van der Waals surface area contributed by atoms with Crippen LogP contribution in [0.3, 0.4) is 0 Å². The van der Waals surface area contributed by atoms with Crippen LogP contribution in [0.1, 0.15) is 17.2 Å². The summed E-state index contributed by atoms with van der Waals surface area (Å²) in [6.07, 6.45) is 0.736. The van der Waals surface area contributed by atoms with Gasteiger partial charge in [-0.3, -0.25) is 10.1 Å². The predicted octanol–water partition coefficient (Wildman–Crippen LogP) is 3.46. The van der Waals surface area contributed by atoms with E-state index in [1.54, 1.807) is 36.4 Å². The standard InChI is InChI=1S/C17H15NO5/c1-21-15-8-7-12(10-16(15)22-2)17-13(18(19)20)9-11-5-3-4-6-14(11)23-17/h3-10,17H,1-2H3/t17-/m1/s1. The van der Waals surface area contributed by atoms with Gasteiger partial charge in [-0.1, -0.05) is 24.3 Å². The molecule has 0 fully saturated rings. The van der Waals surface area contributed by atoms with Crippen molar-refractivity contribution in [2.24, 2.45) is 0 Å². The van der Waals surface area contributed by atoms with Gasteiger partial charge in [0.2, 0.25) is 6.10 Å². The van der Waals surface area contributed by atoms with Crippen molar-refractivity contribution in [1.82, 2.24) is 0 Å². The van der Waals surface area contributed by atoms with Gasteiger partial charge in [0.05, 0.1) is 19.1 Å². The van der Waals surface area contributed by atoms with Crippen molar-refractivity contribution in [3.8, 4) is 17.2 Å². The molecule has 6 nitrogen and oxygen atoms in total. The summed E-state index contributed by atoms with van der Waals surface area (Å²) in [4.78, 5) is 11.0. The van der Waals surface area contributed by atoms with Gasteiger partial charge < -0.3 is 14.2 Å². The number of ether oxygens (including phenoxy) is 3. The van der Waals surface area contributed by atoms with Gasteiger partial charge in [-0.2, -0.15) is 0 Å². The highest BCUT2D eigenvalue weighted by Gasteiger charge is 2.33. The van der Waals surface area contributed by atoms with Crippen LogP contribution < -0.4 is 14.2 Å². The SMILES string of the molecule is COc1ccc([C@H]2Oc3ccccc3C=C2[N+](=O)[O-])cc1OC. The molecule has 6 heteroatoms. The third-order valence-electron chi connectivity index (χ3n) is 3.66. The molecule has 0 N–H and O–H groups in total. The number of fused-ring (bicyclic) bond motifs is 1. The van der Waals surface area contributed by atoms with Crippen LogP contribution in [0.15, 0.2) is 48.2 Å². The number of hydrogen-bond acceptors (Lipinski definition) is 5. The number of benzene rings is 2. The molecule has 0 aromatic heterocycles. The van der Waals surface area contributed by atoms with Crippen LogP contribution in [-0.2, 0) is 0 Å². The lowest BCUT2D eigenvalue weighted by molar-refractivity contribution is -0.434. The molecule has 2 aromatic carbocycles. The Morgan fingerprint density at radius 1 is 1.09 bits per heavy atom. The van der Waals surface area contributed by atoms with Crippen molar-refractivity contribution in [3.05, 3.63) is 69.4 Å². The average Bonchev–Trinajstić information content (AvgIpc) is 2.59. The summed E-state index contributed by atoms with van der Waals surface area (Å²) in [7, 11) is 3.05. The van der Waals surface area contributed by atoms with E-state index >= 15 is 0 Å². The third kappa shape index (κ3) is 2.70. The maximum atomic E-state index is 11.4. The Bertz CT molecular complexity index is 784. The van der Waals surface area contributed by atoms with Crippen molar-refractivity contribution in [3.63, 3.8) is 0 Å². The monoisotopic (exact) mass is 313 g/mol. The maximum absolute atomic E-state index is 11.4. The van der Waals surface area contributed by atoms with Crippen molar-refractivity contribution in [1.29, 1.82) is 0 Å². The molecule has 0 saturated heterocycles. The minimum atomic E-state index is -0.806. The fourth-order valence-electron chi connectivity index (χ4n) is 2.53. The van der Waals surface area contributed by atoms with Gasteiger partial charge in [0.1, 0.15) is 5.75 Å². The van der Waals surface area contributed by atoms with E-state index in [0.717, 1.165) is 0 Å². The summed E-state index contributed by atoms with van der Waals surface area (Å²) in [5.74, 6) is 1.66. The first-order chi connectivity index (χ1) is 11.1. The smallest absolute Gasteiger partial charge is 0.291 e. The predicted molar refractivity (Wildman–Crippen MR) is 84.3 cm³/mol. The second-order valence-electron chi connectivity index (χ2n) is 4.98. The number of nitro groups is 1. The van der Waals surface area contributed by atoms with E-state index in [2.05, 4.69) is 0 Å². The average molecular weight is 313 g/mol. The van der Waals surface area contributed by atoms with Crippen molar-refractivity contribution >= 4 is 6.08 Å². The van der Waals surface area contributed by atoms with Crippen LogP contribution in [0.4, 0.5) is 0 Å². The summed E-state index contributed by atoms with van der Waals surface area (Å²) < 4.78 is 16.3. The fraction of sp³-hybridized carbons (Fsp3) is 0.176. The van der Waals surface area contributed by atoms with Crippen LogP contribution >= 0.6 is 0 Å².